The second-order valence-electron chi connectivity index (χ2n) is 5.42. The van der Waals surface area contributed by atoms with Crippen LogP contribution in [0.2, 0.25) is 5.02 Å². The fraction of sp³-hybridized carbons (Fsp3) is 0.111. The third kappa shape index (κ3) is 3.43. The maximum absolute atomic E-state index is 12.2. The summed E-state index contributed by atoms with van der Waals surface area (Å²) in [5, 5.41) is 11.6. The molecule has 0 aliphatic heterocycles. The molecule has 0 spiro atoms. The van der Waals surface area contributed by atoms with Crippen LogP contribution in [0.15, 0.2) is 51.7 Å². The quantitative estimate of drug-likeness (QED) is 0.224. The second-order valence-corrected chi connectivity index (χ2v) is 5.82. The summed E-state index contributed by atoms with van der Waals surface area (Å²) >= 11 is 5.73. The van der Waals surface area contributed by atoms with Crippen molar-refractivity contribution in [2.45, 2.75) is 13.3 Å². The summed E-state index contributed by atoms with van der Waals surface area (Å²) in [7, 11) is 0. The number of benzene rings is 2. The summed E-state index contributed by atoms with van der Waals surface area (Å²) in [6.45, 7) is 1.91. The Hall–Kier alpha value is -3.19. The van der Waals surface area contributed by atoms with E-state index < -0.39 is 22.2 Å². The number of fused-ring (bicyclic) bond motifs is 1. The fourth-order valence-corrected chi connectivity index (χ4v) is 2.70. The van der Waals surface area contributed by atoms with Gasteiger partial charge < -0.3 is 9.15 Å². The van der Waals surface area contributed by atoms with Crippen molar-refractivity contribution < 1.29 is 18.9 Å². The smallest absolute Gasteiger partial charge is 0.343 e. The number of nitrogens with zero attached hydrogens (tertiary/aromatic N) is 1. The molecule has 0 bridgehead atoms. The predicted octanol–water partition coefficient (Wildman–Crippen LogP) is 4.14. The number of rotatable bonds is 4. The minimum atomic E-state index is -0.793. The van der Waals surface area contributed by atoms with Crippen molar-refractivity contribution >= 4 is 34.2 Å². The molecule has 0 N–H and O–H groups in total. The fourth-order valence-electron chi connectivity index (χ4n) is 2.51. The molecule has 0 saturated heterocycles. The van der Waals surface area contributed by atoms with Gasteiger partial charge in [0.25, 0.3) is 5.69 Å². The van der Waals surface area contributed by atoms with Gasteiger partial charge in [-0.05, 0) is 36.2 Å². The number of carbonyl (C=O) groups is 1. The first-order valence-corrected chi connectivity index (χ1v) is 7.99. The summed E-state index contributed by atoms with van der Waals surface area (Å²) in [5.74, 6) is -0.644. The molecule has 1 aromatic heterocycles. The summed E-state index contributed by atoms with van der Waals surface area (Å²) in [5.41, 5.74) is 0.207. The van der Waals surface area contributed by atoms with Gasteiger partial charge in [-0.3, -0.25) is 10.1 Å². The Morgan fingerprint density at radius 3 is 2.69 bits per heavy atom. The number of hydrogen-bond donors (Lipinski definition) is 0. The lowest BCUT2D eigenvalue weighted by Gasteiger charge is -2.07. The van der Waals surface area contributed by atoms with E-state index in [1.807, 2.05) is 6.92 Å². The zero-order valence-electron chi connectivity index (χ0n) is 13.5. The van der Waals surface area contributed by atoms with Crippen LogP contribution in [0.25, 0.3) is 11.0 Å². The Balaban J connectivity index is 1.94. The van der Waals surface area contributed by atoms with Gasteiger partial charge in [-0.15, -0.1) is 0 Å². The normalized spacial score (nSPS) is 10.7. The highest BCUT2D eigenvalue weighted by Gasteiger charge is 2.18. The number of carbonyl (C=O) groups excluding carboxylic acids is 1. The van der Waals surface area contributed by atoms with Crippen LogP contribution in [-0.4, -0.2) is 10.9 Å². The van der Waals surface area contributed by atoms with Gasteiger partial charge in [0.2, 0.25) is 0 Å². The van der Waals surface area contributed by atoms with Crippen LogP contribution >= 0.6 is 11.6 Å². The van der Waals surface area contributed by atoms with Crippen molar-refractivity contribution in [1.82, 2.24) is 0 Å². The molecule has 1 heterocycles. The molecule has 0 atom stereocenters. The molecule has 0 unspecified atom stereocenters. The molecule has 0 radical (unpaired) electrons. The number of nitro benzene ring substituents is 1. The monoisotopic (exact) mass is 373 g/mol. The van der Waals surface area contributed by atoms with Gasteiger partial charge >= 0.3 is 11.6 Å². The highest BCUT2D eigenvalue weighted by atomic mass is 35.5. The maximum atomic E-state index is 12.2. The molecular formula is C18H12ClNO6. The third-order valence-corrected chi connectivity index (χ3v) is 4.09. The Morgan fingerprint density at radius 1 is 1.23 bits per heavy atom. The molecule has 0 aliphatic rings. The SMILES string of the molecule is CCc1cc(=O)oc2cc(OC(=O)c3ccc(Cl)c([N+](=O)[O-])c3)ccc12. The Labute approximate surface area is 151 Å². The Kier molecular flexibility index (Phi) is 4.73. The summed E-state index contributed by atoms with van der Waals surface area (Å²) in [6.07, 6.45) is 0.648. The van der Waals surface area contributed by atoms with Gasteiger partial charge in [0.05, 0.1) is 10.5 Å². The first-order chi connectivity index (χ1) is 12.4. The van der Waals surface area contributed by atoms with E-state index in [4.69, 9.17) is 20.8 Å². The van der Waals surface area contributed by atoms with Crippen LogP contribution < -0.4 is 10.4 Å². The van der Waals surface area contributed by atoms with E-state index in [9.17, 15) is 19.7 Å². The summed E-state index contributed by atoms with van der Waals surface area (Å²) in [6, 6.07) is 9.71. The van der Waals surface area contributed by atoms with Gasteiger partial charge in [0.1, 0.15) is 16.4 Å². The van der Waals surface area contributed by atoms with E-state index in [1.165, 1.54) is 24.3 Å². The van der Waals surface area contributed by atoms with Gasteiger partial charge in [-0.25, -0.2) is 9.59 Å². The van der Waals surface area contributed by atoms with Crippen LogP contribution in [0.5, 0.6) is 5.75 Å². The number of nitro groups is 1. The minimum absolute atomic E-state index is 0.0232. The maximum Gasteiger partial charge on any atom is 0.343 e. The summed E-state index contributed by atoms with van der Waals surface area (Å²) in [4.78, 5) is 34.1. The number of ether oxygens (including phenoxy) is 1. The van der Waals surface area contributed by atoms with E-state index in [-0.39, 0.29) is 16.3 Å². The van der Waals surface area contributed by atoms with Crippen molar-refractivity contribution in [3.05, 3.63) is 79.1 Å². The van der Waals surface area contributed by atoms with Crippen LogP contribution in [0, 0.1) is 10.1 Å². The van der Waals surface area contributed by atoms with Crippen molar-refractivity contribution in [3.63, 3.8) is 0 Å². The number of halogens is 1. The molecule has 132 valence electrons. The largest absolute Gasteiger partial charge is 0.423 e. The van der Waals surface area contributed by atoms with Crippen molar-refractivity contribution in [2.24, 2.45) is 0 Å². The van der Waals surface area contributed by atoms with Crippen molar-refractivity contribution in [1.29, 1.82) is 0 Å². The van der Waals surface area contributed by atoms with Crippen molar-refractivity contribution in [3.8, 4) is 5.75 Å². The zero-order chi connectivity index (χ0) is 18.8. The van der Waals surface area contributed by atoms with Gasteiger partial charge in [-0.2, -0.15) is 0 Å². The van der Waals surface area contributed by atoms with Crippen molar-refractivity contribution in [2.75, 3.05) is 0 Å². The average Bonchev–Trinajstić information content (AvgIpc) is 2.60. The zero-order valence-corrected chi connectivity index (χ0v) is 14.3. The van der Waals surface area contributed by atoms with E-state index in [1.54, 1.807) is 12.1 Å². The first kappa shape index (κ1) is 17.6. The molecule has 0 fully saturated rings. The Bertz CT molecular complexity index is 1090. The lowest BCUT2D eigenvalue weighted by molar-refractivity contribution is -0.384. The topological polar surface area (TPSA) is 99.7 Å². The van der Waals surface area contributed by atoms with Gasteiger partial charge in [0, 0.05) is 23.6 Å². The molecular weight excluding hydrogens is 362 g/mol. The molecule has 7 nitrogen and oxygen atoms in total. The Morgan fingerprint density at radius 2 is 2.00 bits per heavy atom. The molecule has 3 aromatic rings. The number of hydrogen-bond acceptors (Lipinski definition) is 6. The predicted molar refractivity (Wildman–Crippen MR) is 94.9 cm³/mol. The number of esters is 1. The standard InChI is InChI=1S/C18H12ClNO6/c1-2-10-8-17(21)26-16-9-12(4-5-13(10)16)25-18(22)11-3-6-14(19)15(7-11)20(23)24/h3-9H,2H2,1H3. The molecule has 0 amide bonds. The second kappa shape index (κ2) is 6.97. The van der Waals surface area contributed by atoms with Crippen LogP contribution in [-0.2, 0) is 6.42 Å². The molecule has 8 heteroatoms. The highest BCUT2D eigenvalue weighted by molar-refractivity contribution is 6.32. The van der Waals surface area contributed by atoms with Crippen LogP contribution in [0.1, 0.15) is 22.8 Å². The molecule has 3 rings (SSSR count). The summed E-state index contributed by atoms with van der Waals surface area (Å²) < 4.78 is 10.4. The highest BCUT2D eigenvalue weighted by Crippen LogP contribution is 2.27. The average molecular weight is 374 g/mol. The lowest BCUT2D eigenvalue weighted by atomic mass is 10.1. The van der Waals surface area contributed by atoms with Gasteiger partial charge in [-0.1, -0.05) is 18.5 Å². The molecule has 26 heavy (non-hydrogen) atoms. The lowest BCUT2D eigenvalue weighted by Crippen LogP contribution is -2.09. The van der Waals surface area contributed by atoms with Crippen LogP contribution in [0.4, 0.5) is 5.69 Å². The molecule has 0 saturated carbocycles. The first-order valence-electron chi connectivity index (χ1n) is 7.62. The van der Waals surface area contributed by atoms with Gasteiger partial charge in [0.15, 0.2) is 0 Å². The molecule has 0 aliphatic carbocycles. The van der Waals surface area contributed by atoms with Crippen LogP contribution in [0.3, 0.4) is 0 Å². The minimum Gasteiger partial charge on any atom is -0.423 e. The van der Waals surface area contributed by atoms with E-state index >= 15 is 0 Å². The number of aryl methyl sites for hydroxylation is 1. The van der Waals surface area contributed by atoms with E-state index in [0.717, 1.165) is 17.0 Å². The van der Waals surface area contributed by atoms with E-state index in [2.05, 4.69) is 0 Å². The molecule has 2 aromatic carbocycles. The van der Waals surface area contributed by atoms with E-state index in [0.29, 0.717) is 12.0 Å². The third-order valence-electron chi connectivity index (χ3n) is 3.77.